The lowest BCUT2D eigenvalue weighted by atomic mass is 9.46. The molecule has 0 N–H and O–H groups in total. The van der Waals surface area contributed by atoms with E-state index in [9.17, 15) is 9.59 Å². The Hall–Kier alpha value is -3.66. The van der Waals surface area contributed by atoms with Crippen molar-refractivity contribution >= 4 is 17.5 Å². The maximum absolute atomic E-state index is 12.3. The van der Waals surface area contributed by atoms with Gasteiger partial charge in [-0.05, 0) is 51.6 Å². The third-order valence-electron chi connectivity index (χ3n) is 7.48. The number of carbonyl (C=O) groups is 2. The summed E-state index contributed by atoms with van der Waals surface area (Å²) in [5.41, 5.74) is 6.96. The number of hydrogen-bond acceptors (Lipinski definition) is 4. The molecule has 0 spiro atoms. The second-order valence-electron chi connectivity index (χ2n) is 8.79. The van der Waals surface area contributed by atoms with Gasteiger partial charge in [0.15, 0.2) is 0 Å². The molecule has 4 aliphatic rings. The van der Waals surface area contributed by atoms with Crippen LogP contribution in [0.15, 0.2) is 95.2 Å². The first kappa shape index (κ1) is 20.3. The lowest BCUT2D eigenvalue weighted by Crippen LogP contribution is -2.47. The third-order valence-corrected chi connectivity index (χ3v) is 7.48. The number of methoxy groups -OCH3 is 2. The molecular weight excluding hydrogens is 400 g/mol. The van der Waals surface area contributed by atoms with Crippen LogP contribution in [0.25, 0.3) is 5.57 Å². The highest BCUT2D eigenvalue weighted by Gasteiger charge is 2.55. The lowest BCUT2D eigenvalue weighted by molar-refractivity contribution is 0.0599. The summed E-state index contributed by atoms with van der Waals surface area (Å²) < 4.78 is 9.80. The summed E-state index contributed by atoms with van der Waals surface area (Å²) in [6.45, 7) is 4.61. The molecule has 4 heteroatoms. The number of benzene rings is 1. The minimum absolute atomic E-state index is 0.153. The van der Waals surface area contributed by atoms with E-state index in [1.165, 1.54) is 42.6 Å². The van der Waals surface area contributed by atoms with Crippen molar-refractivity contribution in [1.82, 2.24) is 0 Å². The van der Waals surface area contributed by atoms with Crippen LogP contribution in [-0.4, -0.2) is 26.2 Å². The van der Waals surface area contributed by atoms with E-state index in [2.05, 4.69) is 68.5 Å². The molecule has 0 aromatic heterocycles. The molecule has 0 saturated carbocycles. The average Bonchev–Trinajstić information content (AvgIpc) is 2.81. The van der Waals surface area contributed by atoms with E-state index in [-0.39, 0.29) is 10.8 Å². The van der Waals surface area contributed by atoms with Crippen LogP contribution in [0.2, 0.25) is 0 Å². The Morgan fingerprint density at radius 2 is 1.25 bits per heavy atom. The van der Waals surface area contributed by atoms with E-state index < -0.39 is 11.9 Å². The zero-order valence-electron chi connectivity index (χ0n) is 18.6. The van der Waals surface area contributed by atoms with Gasteiger partial charge < -0.3 is 9.47 Å². The van der Waals surface area contributed by atoms with Gasteiger partial charge in [-0.1, -0.05) is 68.5 Å². The number of carbonyl (C=O) groups excluding carboxylic acids is 2. The average molecular weight is 424 g/mol. The molecule has 0 saturated heterocycles. The highest BCUT2D eigenvalue weighted by Crippen LogP contribution is 2.65. The van der Waals surface area contributed by atoms with E-state index in [0.717, 1.165) is 11.1 Å². The molecule has 0 bridgehead atoms. The first-order valence-electron chi connectivity index (χ1n) is 10.6. The molecular formula is C28H24O4. The molecule has 2 unspecified atom stereocenters. The number of hydrogen-bond donors (Lipinski definition) is 0. The molecule has 1 aromatic carbocycles. The molecule has 32 heavy (non-hydrogen) atoms. The summed E-state index contributed by atoms with van der Waals surface area (Å²) in [6.07, 6.45) is 19.6. The molecule has 0 heterocycles. The first-order chi connectivity index (χ1) is 15.3. The summed E-state index contributed by atoms with van der Waals surface area (Å²) in [7, 11) is 2.65. The zero-order chi connectivity index (χ0) is 22.7. The molecule has 0 amide bonds. The molecule has 4 nitrogen and oxygen atoms in total. The Balaban J connectivity index is 1.71. The van der Waals surface area contributed by atoms with Crippen LogP contribution in [0.5, 0.6) is 0 Å². The van der Waals surface area contributed by atoms with Gasteiger partial charge in [-0.15, -0.1) is 0 Å². The highest BCUT2D eigenvalue weighted by molar-refractivity contribution is 5.98. The van der Waals surface area contributed by atoms with Gasteiger partial charge in [0.25, 0.3) is 0 Å². The van der Waals surface area contributed by atoms with Gasteiger partial charge in [0.05, 0.1) is 25.3 Å². The van der Waals surface area contributed by atoms with Crippen LogP contribution < -0.4 is 0 Å². The molecule has 5 rings (SSSR count). The molecule has 0 aliphatic heterocycles. The normalized spacial score (nSPS) is 26.7. The Labute approximate surface area is 187 Å². The molecule has 160 valence electrons. The largest absolute Gasteiger partial charge is 0.465 e. The highest BCUT2D eigenvalue weighted by atomic mass is 16.5. The predicted octanol–water partition coefficient (Wildman–Crippen LogP) is 5.53. The fourth-order valence-corrected chi connectivity index (χ4v) is 5.41. The smallest absolute Gasteiger partial charge is 0.337 e. The number of ether oxygens (including phenoxy) is 2. The Morgan fingerprint density at radius 1 is 0.688 bits per heavy atom. The maximum atomic E-state index is 12.3. The van der Waals surface area contributed by atoms with Crippen molar-refractivity contribution in [3.8, 4) is 0 Å². The Kier molecular flexibility index (Phi) is 4.38. The fourth-order valence-electron chi connectivity index (χ4n) is 5.41. The zero-order valence-corrected chi connectivity index (χ0v) is 18.6. The van der Waals surface area contributed by atoms with Gasteiger partial charge in [0.2, 0.25) is 0 Å². The number of allylic oxidation sites excluding steroid dienone is 14. The van der Waals surface area contributed by atoms with Gasteiger partial charge >= 0.3 is 11.9 Å². The summed E-state index contributed by atoms with van der Waals surface area (Å²) in [6, 6.07) is 5.03. The molecule has 4 aliphatic carbocycles. The second kappa shape index (κ2) is 6.92. The summed E-state index contributed by atoms with van der Waals surface area (Å²) in [5, 5.41) is 0. The van der Waals surface area contributed by atoms with Crippen molar-refractivity contribution in [2.75, 3.05) is 14.2 Å². The van der Waals surface area contributed by atoms with E-state index in [4.69, 9.17) is 9.47 Å². The van der Waals surface area contributed by atoms with Crippen molar-refractivity contribution in [3.05, 3.63) is 112 Å². The molecule has 0 fully saturated rings. The topological polar surface area (TPSA) is 52.6 Å². The van der Waals surface area contributed by atoms with Crippen molar-refractivity contribution in [3.63, 3.8) is 0 Å². The summed E-state index contributed by atoms with van der Waals surface area (Å²) in [5.74, 6) is -0.992. The monoisotopic (exact) mass is 424 g/mol. The molecule has 2 atom stereocenters. The first-order valence-corrected chi connectivity index (χ1v) is 10.6. The molecule has 0 radical (unpaired) electrons. The van der Waals surface area contributed by atoms with Gasteiger partial charge in [0.1, 0.15) is 0 Å². The lowest BCUT2D eigenvalue weighted by Gasteiger charge is -2.56. The number of rotatable bonds is 3. The van der Waals surface area contributed by atoms with Gasteiger partial charge in [0, 0.05) is 10.8 Å². The predicted molar refractivity (Wildman–Crippen MR) is 124 cm³/mol. The van der Waals surface area contributed by atoms with Crippen molar-refractivity contribution in [2.45, 2.75) is 13.8 Å². The molecule has 1 aromatic rings. The minimum Gasteiger partial charge on any atom is -0.465 e. The Bertz CT molecular complexity index is 1260. The summed E-state index contributed by atoms with van der Waals surface area (Å²) >= 11 is 0. The number of esters is 2. The van der Waals surface area contributed by atoms with Gasteiger partial charge in [-0.3, -0.25) is 0 Å². The van der Waals surface area contributed by atoms with Crippen molar-refractivity contribution < 1.29 is 19.1 Å². The van der Waals surface area contributed by atoms with Crippen LogP contribution >= 0.6 is 0 Å². The Morgan fingerprint density at radius 3 is 1.91 bits per heavy atom. The van der Waals surface area contributed by atoms with Gasteiger partial charge in [-0.25, -0.2) is 9.59 Å². The van der Waals surface area contributed by atoms with Crippen LogP contribution in [0.1, 0.15) is 40.1 Å². The van der Waals surface area contributed by atoms with Crippen LogP contribution in [0.3, 0.4) is 0 Å². The summed E-state index contributed by atoms with van der Waals surface area (Å²) in [4.78, 5) is 24.5. The maximum Gasteiger partial charge on any atom is 0.337 e. The SMILES string of the molecule is COC(=O)c1cc(C(=O)OC)cc(C2=CC3=CC=C4C=CC=C5C=CC(=C2)C3(C)C54C)c1. The van der Waals surface area contributed by atoms with E-state index in [0.29, 0.717) is 11.1 Å². The van der Waals surface area contributed by atoms with Crippen molar-refractivity contribution in [2.24, 2.45) is 10.8 Å². The van der Waals surface area contributed by atoms with Crippen molar-refractivity contribution in [1.29, 1.82) is 0 Å². The second-order valence-corrected chi connectivity index (χ2v) is 8.79. The van der Waals surface area contributed by atoms with Gasteiger partial charge in [-0.2, -0.15) is 0 Å². The standard InChI is InChI=1S/C28H24O4/c1-27-21-6-5-7-22(27)9-11-24-16-18(15-23(10-8-21)28(24,27)2)17-12-19(25(29)31-3)14-20(13-17)26(30)32-4/h5-16H,1-4H3. The van der Waals surface area contributed by atoms with Crippen LogP contribution in [-0.2, 0) is 9.47 Å². The van der Waals surface area contributed by atoms with Crippen LogP contribution in [0, 0.1) is 10.8 Å². The van der Waals surface area contributed by atoms with E-state index in [1.807, 2.05) is 0 Å². The third kappa shape index (κ3) is 2.56. The minimum atomic E-state index is -0.496. The fraction of sp³-hybridized carbons (Fsp3) is 0.214. The van der Waals surface area contributed by atoms with Crippen LogP contribution in [0.4, 0.5) is 0 Å². The van der Waals surface area contributed by atoms with E-state index in [1.54, 1.807) is 12.1 Å². The quantitative estimate of drug-likeness (QED) is 0.599. The van der Waals surface area contributed by atoms with E-state index >= 15 is 0 Å².